The van der Waals surface area contributed by atoms with Crippen LogP contribution in [0.1, 0.15) is 29.6 Å². The molecule has 1 aliphatic carbocycles. The van der Waals surface area contributed by atoms with E-state index in [2.05, 4.69) is 5.32 Å². The van der Waals surface area contributed by atoms with E-state index in [0.29, 0.717) is 12.8 Å². The highest BCUT2D eigenvalue weighted by Crippen LogP contribution is 2.41. The molecule has 108 valence electrons. The number of carbonyl (C=O) groups excluding carboxylic acids is 1. The highest BCUT2D eigenvalue weighted by atomic mass is 35.5. The molecule has 7 heteroatoms. The second-order valence-corrected chi connectivity index (χ2v) is 5.75. The van der Waals surface area contributed by atoms with Gasteiger partial charge < -0.3 is 16.2 Å². The summed E-state index contributed by atoms with van der Waals surface area (Å²) in [7, 11) is 0. The van der Waals surface area contributed by atoms with Crippen molar-refractivity contribution in [3.63, 3.8) is 0 Å². The van der Waals surface area contributed by atoms with E-state index in [1.54, 1.807) is 0 Å². The molecule has 0 aliphatic heterocycles. The van der Waals surface area contributed by atoms with Crippen LogP contribution in [0.15, 0.2) is 12.1 Å². The smallest absolute Gasteiger partial charge is 0.337 e. The maximum Gasteiger partial charge on any atom is 0.337 e. The third-order valence-electron chi connectivity index (χ3n) is 3.71. The number of benzene rings is 1. The Labute approximate surface area is 126 Å². The van der Waals surface area contributed by atoms with E-state index in [9.17, 15) is 9.59 Å². The second kappa shape index (κ2) is 5.60. The van der Waals surface area contributed by atoms with Crippen molar-refractivity contribution in [2.75, 3.05) is 11.9 Å². The van der Waals surface area contributed by atoms with E-state index in [0.717, 1.165) is 6.42 Å². The van der Waals surface area contributed by atoms with Gasteiger partial charge in [0.25, 0.3) is 0 Å². The molecular weight excluding hydrogens is 303 g/mol. The fraction of sp³-hybridized carbons (Fsp3) is 0.385. The zero-order chi connectivity index (χ0) is 14.9. The fourth-order valence-electron chi connectivity index (χ4n) is 2.24. The molecule has 0 saturated heterocycles. The molecular formula is C13H14Cl2N2O3. The summed E-state index contributed by atoms with van der Waals surface area (Å²) in [5.74, 6) is -1.50. The number of carboxylic acid groups (broad SMARTS) is 1. The summed E-state index contributed by atoms with van der Waals surface area (Å²) in [5.41, 5.74) is 4.97. The van der Waals surface area contributed by atoms with E-state index in [1.165, 1.54) is 12.1 Å². The van der Waals surface area contributed by atoms with Crippen LogP contribution in [0.5, 0.6) is 0 Å². The number of aromatic carboxylic acids is 1. The Balaban J connectivity index is 2.34. The summed E-state index contributed by atoms with van der Waals surface area (Å²) in [4.78, 5) is 23.5. The first-order valence-corrected chi connectivity index (χ1v) is 6.89. The molecule has 20 heavy (non-hydrogen) atoms. The lowest BCUT2D eigenvalue weighted by atomic mass is 9.68. The van der Waals surface area contributed by atoms with E-state index in [-0.39, 0.29) is 33.7 Å². The van der Waals surface area contributed by atoms with Gasteiger partial charge in [-0.2, -0.15) is 0 Å². The monoisotopic (exact) mass is 316 g/mol. The first-order valence-electron chi connectivity index (χ1n) is 6.13. The van der Waals surface area contributed by atoms with Crippen LogP contribution in [-0.4, -0.2) is 23.5 Å². The molecule has 0 radical (unpaired) electrons. The van der Waals surface area contributed by atoms with E-state index in [1.807, 2.05) is 0 Å². The minimum Gasteiger partial charge on any atom is -0.478 e. The number of nitrogens with two attached hydrogens (primary N) is 1. The van der Waals surface area contributed by atoms with E-state index < -0.39 is 11.4 Å². The molecule has 1 fully saturated rings. The molecule has 4 N–H and O–H groups in total. The molecule has 5 nitrogen and oxygen atoms in total. The Bertz CT molecular complexity index is 565. The molecule has 0 heterocycles. The van der Waals surface area contributed by atoms with Crippen molar-refractivity contribution in [3.05, 3.63) is 27.7 Å². The van der Waals surface area contributed by atoms with Crippen LogP contribution < -0.4 is 11.1 Å². The maximum absolute atomic E-state index is 12.3. The number of anilines is 1. The lowest BCUT2D eigenvalue weighted by Crippen LogP contribution is -2.47. The van der Waals surface area contributed by atoms with Gasteiger partial charge in [-0.1, -0.05) is 29.6 Å². The Hall–Kier alpha value is -1.30. The average molecular weight is 317 g/mol. The molecule has 1 saturated carbocycles. The summed E-state index contributed by atoms with van der Waals surface area (Å²) in [6.07, 6.45) is 2.33. The summed E-state index contributed by atoms with van der Waals surface area (Å²) >= 11 is 11.8. The van der Waals surface area contributed by atoms with Gasteiger partial charge in [-0.15, -0.1) is 0 Å². The van der Waals surface area contributed by atoms with Crippen molar-refractivity contribution in [1.82, 2.24) is 0 Å². The molecule has 1 amide bonds. The third-order valence-corrected chi connectivity index (χ3v) is 4.22. The number of hydrogen-bond acceptors (Lipinski definition) is 3. The minimum atomic E-state index is -1.21. The SMILES string of the molecule is NCC1(C(=O)Nc2c(Cl)cc(Cl)cc2C(=O)O)CCC1. The molecule has 0 spiro atoms. The molecule has 1 aliphatic rings. The lowest BCUT2D eigenvalue weighted by molar-refractivity contribution is -0.129. The van der Waals surface area contributed by atoms with Crippen LogP contribution in [-0.2, 0) is 4.79 Å². The van der Waals surface area contributed by atoms with Crippen molar-refractivity contribution >= 4 is 40.8 Å². The van der Waals surface area contributed by atoms with Gasteiger partial charge in [0, 0.05) is 11.6 Å². The van der Waals surface area contributed by atoms with Crippen LogP contribution in [0.4, 0.5) is 5.69 Å². The number of carbonyl (C=O) groups is 2. The van der Waals surface area contributed by atoms with Crippen molar-refractivity contribution < 1.29 is 14.7 Å². The summed E-state index contributed by atoms with van der Waals surface area (Å²) in [5, 5.41) is 12.0. The van der Waals surface area contributed by atoms with E-state index in [4.69, 9.17) is 34.0 Å². The highest BCUT2D eigenvalue weighted by Gasteiger charge is 2.43. The first-order chi connectivity index (χ1) is 9.39. The maximum atomic E-state index is 12.3. The van der Waals surface area contributed by atoms with Gasteiger partial charge in [0.15, 0.2) is 0 Å². The summed E-state index contributed by atoms with van der Waals surface area (Å²) < 4.78 is 0. The van der Waals surface area contributed by atoms with Gasteiger partial charge >= 0.3 is 5.97 Å². The molecule has 1 aromatic carbocycles. The molecule has 0 atom stereocenters. The zero-order valence-corrected chi connectivity index (χ0v) is 12.1. The Morgan fingerprint density at radius 1 is 1.35 bits per heavy atom. The summed E-state index contributed by atoms with van der Waals surface area (Å²) in [6, 6.07) is 2.64. The van der Waals surface area contributed by atoms with Crippen molar-refractivity contribution in [2.24, 2.45) is 11.1 Å². The average Bonchev–Trinajstić information content (AvgIpc) is 2.31. The van der Waals surface area contributed by atoms with Crippen molar-refractivity contribution in [2.45, 2.75) is 19.3 Å². The molecule has 0 bridgehead atoms. The largest absolute Gasteiger partial charge is 0.478 e. The van der Waals surface area contributed by atoms with Gasteiger partial charge in [-0.25, -0.2) is 4.79 Å². The van der Waals surface area contributed by atoms with Gasteiger partial charge in [-0.05, 0) is 25.0 Å². The van der Waals surface area contributed by atoms with Crippen LogP contribution in [0, 0.1) is 5.41 Å². The predicted molar refractivity (Wildman–Crippen MR) is 77.4 cm³/mol. The number of carboxylic acids is 1. The van der Waals surface area contributed by atoms with Crippen molar-refractivity contribution in [1.29, 1.82) is 0 Å². The standard InChI is InChI=1S/C13H14Cl2N2O3/c14-7-4-8(11(18)19)10(9(15)5-7)17-12(20)13(6-16)2-1-3-13/h4-5H,1-3,6,16H2,(H,17,20)(H,18,19). The first kappa shape index (κ1) is 15.1. The van der Waals surface area contributed by atoms with Crippen LogP contribution >= 0.6 is 23.2 Å². The zero-order valence-electron chi connectivity index (χ0n) is 10.6. The number of nitrogens with one attached hydrogen (secondary N) is 1. The quantitative estimate of drug-likeness (QED) is 0.796. The molecule has 0 aromatic heterocycles. The molecule has 2 rings (SSSR count). The van der Waals surface area contributed by atoms with Gasteiger partial charge in [-0.3, -0.25) is 4.79 Å². The Morgan fingerprint density at radius 3 is 2.45 bits per heavy atom. The third kappa shape index (κ3) is 2.61. The summed E-state index contributed by atoms with van der Waals surface area (Å²) in [6.45, 7) is 0.229. The molecule has 1 aromatic rings. The van der Waals surface area contributed by atoms with E-state index >= 15 is 0 Å². The lowest BCUT2D eigenvalue weighted by Gasteiger charge is -2.39. The number of rotatable bonds is 4. The Morgan fingerprint density at radius 2 is 2.00 bits per heavy atom. The fourth-order valence-corrected chi connectivity index (χ4v) is 2.78. The molecule has 0 unspecified atom stereocenters. The predicted octanol–water partition coefficient (Wildman–Crippen LogP) is 2.76. The van der Waals surface area contributed by atoms with Crippen LogP contribution in [0.2, 0.25) is 10.0 Å². The highest BCUT2D eigenvalue weighted by molar-refractivity contribution is 6.37. The van der Waals surface area contributed by atoms with Crippen LogP contribution in [0.3, 0.4) is 0 Å². The van der Waals surface area contributed by atoms with Crippen LogP contribution in [0.25, 0.3) is 0 Å². The van der Waals surface area contributed by atoms with Gasteiger partial charge in [0.1, 0.15) is 0 Å². The minimum absolute atomic E-state index is 0.0632. The van der Waals surface area contributed by atoms with Gasteiger partial charge in [0.2, 0.25) is 5.91 Å². The number of hydrogen-bond donors (Lipinski definition) is 3. The second-order valence-electron chi connectivity index (χ2n) is 4.91. The van der Waals surface area contributed by atoms with Gasteiger partial charge in [0.05, 0.1) is 21.7 Å². The number of amides is 1. The topological polar surface area (TPSA) is 92.4 Å². The number of halogens is 2. The normalized spacial score (nSPS) is 16.4. The Kier molecular flexibility index (Phi) is 4.22. The van der Waals surface area contributed by atoms with Crippen molar-refractivity contribution in [3.8, 4) is 0 Å².